The van der Waals surface area contributed by atoms with Crippen LogP contribution >= 0.6 is 15.9 Å². The van der Waals surface area contributed by atoms with E-state index >= 15 is 0 Å². The van der Waals surface area contributed by atoms with Gasteiger partial charge in [0.2, 0.25) is 0 Å². The second-order valence-electron chi connectivity index (χ2n) is 5.36. The number of hydrogen-bond donors (Lipinski definition) is 1. The molecule has 0 amide bonds. The average molecular weight is 376 g/mol. The van der Waals surface area contributed by atoms with Gasteiger partial charge in [0, 0.05) is 17.7 Å². The van der Waals surface area contributed by atoms with Gasteiger partial charge in [-0.15, -0.1) is 0 Å². The number of hydrogen-bond acceptors (Lipinski definition) is 4. The van der Waals surface area contributed by atoms with Crippen molar-refractivity contribution in [1.29, 1.82) is 0 Å². The maximum absolute atomic E-state index is 10.8. The Morgan fingerprint density at radius 1 is 1.26 bits per heavy atom. The average Bonchev–Trinajstić information content (AvgIpc) is 2.91. The summed E-state index contributed by atoms with van der Waals surface area (Å²) in [5.41, 5.74) is 2.22. The van der Waals surface area contributed by atoms with Gasteiger partial charge in [0.05, 0.1) is 26.5 Å². The van der Waals surface area contributed by atoms with Crippen LogP contribution in [0.4, 0.5) is 5.69 Å². The van der Waals surface area contributed by atoms with E-state index in [2.05, 4.69) is 25.9 Å². The number of rotatable bonds is 4. The second-order valence-corrected chi connectivity index (χ2v) is 6.21. The molecular formula is C16H14BrN3O3. The smallest absolute Gasteiger partial charge is 0.271 e. The highest BCUT2D eigenvalue weighted by Crippen LogP contribution is 2.31. The van der Waals surface area contributed by atoms with E-state index in [1.54, 1.807) is 6.07 Å². The van der Waals surface area contributed by atoms with Gasteiger partial charge < -0.3 is 9.72 Å². The first-order valence-electron chi connectivity index (χ1n) is 7.05. The Bertz CT molecular complexity index is 889. The lowest BCUT2D eigenvalue weighted by Gasteiger charge is -2.11. The third kappa shape index (κ3) is 3.19. The van der Waals surface area contributed by atoms with Gasteiger partial charge in [0.15, 0.2) is 0 Å². The molecule has 0 fully saturated rings. The highest BCUT2D eigenvalue weighted by atomic mass is 79.9. The van der Waals surface area contributed by atoms with Crippen LogP contribution in [0.1, 0.15) is 13.8 Å². The maximum atomic E-state index is 10.8. The summed E-state index contributed by atoms with van der Waals surface area (Å²) >= 11 is 3.49. The molecule has 1 heterocycles. The number of aromatic nitrogens is 2. The normalized spacial score (nSPS) is 11.1. The molecule has 7 heteroatoms. The number of H-pyrrole nitrogens is 1. The van der Waals surface area contributed by atoms with Crippen LogP contribution in [0.5, 0.6) is 5.75 Å². The zero-order chi connectivity index (χ0) is 16.6. The molecule has 0 bridgehead atoms. The molecule has 3 aromatic rings. The number of nitrogens with one attached hydrogen (secondary N) is 1. The van der Waals surface area contributed by atoms with Crippen LogP contribution in [0.15, 0.2) is 40.9 Å². The number of non-ortho nitro benzene ring substituents is 1. The summed E-state index contributed by atoms with van der Waals surface area (Å²) in [5, 5.41) is 10.8. The van der Waals surface area contributed by atoms with E-state index in [1.807, 2.05) is 32.0 Å². The zero-order valence-corrected chi connectivity index (χ0v) is 14.1. The fraction of sp³-hybridized carbons (Fsp3) is 0.188. The largest absolute Gasteiger partial charge is 0.490 e. The topological polar surface area (TPSA) is 81.1 Å². The molecule has 23 heavy (non-hydrogen) atoms. The SMILES string of the molecule is CC(C)Oc1ccc(-c2nc3ccc([N+](=O)[O-])cc3[nH]2)cc1Br. The van der Waals surface area contributed by atoms with Gasteiger partial charge >= 0.3 is 0 Å². The van der Waals surface area contributed by atoms with Crippen LogP contribution in [-0.4, -0.2) is 21.0 Å². The molecule has 0 spiro atoms. The van der Waals surface area contributed by atoms with Crippen molar-refractivity contribution < 1.29 is 9.66 Å². The minimum Gasteiger partial charge on any atom is -0.490 e. The molecule has 3 rings (SSSR count). The fourth-order valence-electron chi connectivity index (χ4n) is 2.25. The van der Waals surface area contributed by atoms with Crippen molar-refractivity contribution in [2.24, 2.45) is 0 Å². The van der Waals surface area contributed by atoms with Crippen LogP contribution in [-0.2, 0) is 0 Å². The molecule has 0 aliphatic carbocycles. The van der Waals surface area contributed by atoms with Crippen LogP contribution in [0.25, 0.3) is 22.4 Å². The molecule has 6 nitrogen and oxygen atoms in total. The van der Waals surface area contributed by atoms with Crippen molar-refractivity contribution in [3.8, 4) is 17.1 Å². The lowest BCUT2D eigenvalue weighted by Crippen LogP contribution is -2.05. The Balaban J connectivity index is 1.99. The monoisotopic (exact) mass is 375 g/mol. The van der Waals surface area contributed by atoms with Gasteiger partial charge in [-0.05, 0) is 54.0 Å². The number of fused-ring (bicyclic) bond motifs is 1. The van der Waals surface area contributed by atoms with E-state index in [0.717, 1.165) is 15.8 Å². The quantitative estimate of drug-likeness (QED) is 0.529. The van der Waals surface area contributed by atoms with E-state index in [4.69, 9.17) is 4.74 Å². The summed E-state index contributed by atoms with van der Waals surface area (Å²) < 4.78 is 6.51. The Morgan fingerprint density at radius 2 is 2.04 bits per heavy atom. The minimum absolute atomic E-state index is 0.0366. The predicted molar refractivity (Wildman–Crippen MR) is 91.6 cm³/mol. The van der Waals surface area contributed by atoms with E-state index in [9.17, 15) is 10.1 Å². The second kappa shape index (κ2) is 6.00. The van der Waals surface area contributed by atoms with Crippen molar-refractivity contribution >= 4 is 32.7 Å². The molecule has 0 aliphatic heterocycles. The molecule has 0 saturated heterocycles. The highest BCUT2D eigenvalue weighted by Gasteiger charge is 2.12. The van der Waals surface area contributed by atoms with Crippen LogP contribution in [0.2, 0.25) is 0 Å². The van der Waals surface area contributed by atoms with E-state index in [-0.39, 0.29) is 11.8 Å². The summed E-state index contributed by atoms with van der Waals surface area (Å²) in [4.78, 5) is 18.0. The van der Waals surface area contributed by atoms with Gasteiger partial charge in [-0.1, -0.05) is 0 Å². The number of nitrogens with zero attached hydrogens (tertiary/aromatic N) is 2. The third-order valence-electron chi connectivity index (χ3n) is 3.24. The van der Waals surface area contributed by atoms with Crippen molar-refractivity contribution in [2.75, 3.05) is 0 Å². The highest BCUT2D eigenvalue weighted by molar-refractivity contribution is 9.10. The summed E-state index contributed by atoms with van der Waals surface area (Å²) in [6.45, 7) is 3.93. The Kier molecular flexibility index (Phi) is 4.04. The van der Waals surface area contributed by atoms with Crippen molar-refractivity contribution in [2.45, 2.75) is 20.0 Å². The Labute approximate surface area is 140 Å². The number of aromatic amines is 1. The van der Waals surface area contributed by atoms with Gasteiger partial charge in [-0.3, -0.25) is 10.1 Å². The Morgan fingerprint density at radius 3 is 2.70 bits per heavy atom. The summed E-state index contributed by atoms with van der Waals surface area (Å²) in [6, 6.07) is 10.2. The predicted octanol–water partition coefficient (Wildman–Crippen LogP) is 4.69. The molecule has 0 radical (unpaired) electrons. The third-order valence-corrected chi connectivity index (χ3v) is 3.86. The van der Waals surface area contributed by atoms with Gasteiger partial charge in [-0.25, -0.2) is 4.98 Å². The van der Waals surface area contributed by atoms with Crippen LogP contribution < -0.4 is 4.74 Å². The van der Waals surface area contributed by atoms with E-state index in [0.29, 0.717) is 16.9 Å². The number of imidazole rings is 1. The molecule has 0 saturated carbocycles. The van der Waals surface area contributed by atoms with E-state index < -0.39 is 4.92 Å². The zero-order valence-electron chi connectivity index (χ0n) is 12.5. The molecular weight excluding hydrogens is 362 g/mol. The first-order valence-corrected chi connectivity index (χ1v) is 7.84. The molecule has 118 valence electrons. The lowest BCUT2D eigenvalue weighted by molar-refractivity contribution is -0.384. The molecule has 2 aromatic carbocycles. The summed E-state index contributed by atoms with van der Waals surface area (Å²) in [6.07, 6.45) is 0.0869. The van der Waals surface area contributed by atoms with Crippen molar-refractivity contribution in [3.05, 3.63) is 51.0 Å². The van der Waals surface area contributed by atoms with Gasteiger partial charge in [-0.2, -0.15) is 0 Å². The number of nitro groups is 1. The van der Waals surface area contributed by atoms with E-state index in [1.165, 1.54) is 12.1 Å². The molecule has 1 N–H and O–H groups in total. The fourth-order valence-corrected chi connectivity index (χ4v) is 2.72. The minimum atomic E-state index is -0.422. The number of benzene rings is 2. The molecule has 1 aromatic heterocycles. The number of ether oxygens (including phenoxy) is 1. The van der Waals surface area contributed by atoms with Gasteiger partial charge in [0.25, 0.3) is 5.69 Å². The van der Waals surface area contributed by atoms with Crippen molar-refractivity contribution in [1.82, 2.24) is 9.97 Å². The van der Waals surface area contributed by atoms with Crippen molar-refractivity contribution in [3.63, 3.8) is 0 Å². The molecule has 0 unspecified atom stereocenters. The number of halogens is 1. The molecule has 0 aliphatic rings. The van der Waals surface area contributed by atoms with Crippen LogP contribution in [0.3, 0.4) is 0 Å². The summed E-state index contributed by atoms with van der Waals surface area (Å²) in [5.74, 6) is 1.41. The summed E-state index contributed by atoms with van der Waals surface area (Å²) in [7, 11) is 0. The first-order chi connectivity index (χ1) is 10.9. The maximum Gasteiger partial charge on any atom is 0.271 e. The Hall–Kier alpha value is -2.41. The first kappa shape index (κ1) is 15.5. The van der Waals surface area contributed by atoms with Gasteiger partial charge in [0.1, 0.15) is 11.6 Å². The lowest BCUT2D eigenvalue weighted by atomic mass is 10.2. The van der Waals surface area contributed by atoms with Crippen LogP contribution in [0, 0.1) is 10.1 Å². The standard InChI is InChI=1S/C16H14BrN3O3/c1-9(2)23-15-6-3-10(7-12(15)17)16-18-13-5-4-11(20(21)22)8-14(13)19-16/h3-9H,1-2H3,(H,18,19). The molecule has 0 atom stereocenters. The number of nitro benzene ring substituents is 1.